The van der Waals surface area contributed by atoms with Crippen LogP contribution in [-0.4, -0.2) is 0 Å². The average molecular weight is 719 g/mol. The molecular formula is C52H38N4. The van der Waals surface area contributed by atoms with Crippen LogP contribution in [0.25, 0.3) is 33.4 Å². The Morgan fingerprint density at radius 3 is 0.893 bits per heavy atom. The minimum Gasteiger partial charge on any atom is -0.311 e. The molecule has 0 saturated carbocycles. The molecule has 0 spiro atoms. The zero-order chi connectivity index (χ0) is 38.4. The molecular weight excluding hydrogens is 681 g/mol. The van der Waals surface area contributed by atoms with Gasteiger partial charge in [0.25, 0.3) is 0 Å². The maximum Gasteiger partial charge on any atom is 0.0991 e. The number of nitriles is 2. The second-order valence-corrected chi connectivity index (χ2v) is 13.8. The van der Waals surface area contributed by atoms with E-state index in [1.165, 1.54) is 0 Å². The minimum absolute atomic E-state index is 0.662. The van der Waals surface area contributed by atoms with Crippen LogP contribution in [0, 0.1) is 36.5 Å². The summed E-state index contributed by atoms with van der Waals surface area (Å²) in [6.45, 7) is 4.09. The van der Waals surface area contributed by atoms with E-state index in [-0.39, 0.29) is 0 Å². The number of aryl methyl sites for hydroxylation is 2. The fourth-order valence-electron chi connectivity index (χ4n) is 7.35. The van der Waals surface area contributed by atoms with E-state index in [0.29, 0.717) is 11.1 Å². The first-order valence-electron chi connectivity index (χ1n) is 18.6. The Bertz CT molecular complexity index is 2540. The Kier molecular flexibility index (Phi) is 9.95. The molecule has 0 amide bonds. The molecule has 0 saturated heterocycles. The Morgan fingerprint density at radius 1 is 0.321 bits per heavy atom. The number of hydrogen-bond donors (Lipinski definition) is 0. The van der Waals surface area contributed by atoms with Crippen LogP contribution in [0.4, 0.5) is 34.1 Å². The summed E-state index contributed by atoms with van der Waals surface area (Å²) in [5.74, 6) is 0. The fraction of sp³-hybridized carbons (Fsp3) is 0.0385. The number of hydrogen-bond acceptors (Lipinski definition) is 4. The molecule has 0 N–H and O–H groups in total. The van der Waals surface area contributed by atoms with E-state index in [4.69, 9.17) is 0 Å². The highest BCUT2D eigenvalue weighted by Gasteiger charge is 2.16. The van der Waals surface area contributed by atoms with Crippen molar-refractivity contribution in [1.29, 1.82) is 10.5 Å². The first kappa shape index (κ1) is 35.4. The van der Waals surface area contributed by atoms with E-state index >= 15 is 0 Å². The monoisotopic (exact) mass is 718 g/mol. The van der Waals surface area contributed by atoms with Crippen molar-refractivity contribution in [2.45, 2.75) is 13.8 Å². The van der Waals surface area contributed by atoms with Crippen molar-refractivity contribution in [3.05, 3.63) is 216 Å². The van der Waals surface area contributed by atoms with Gasteiger partial charge >= 0.3 is 0 Å². The van der Waals surface area contributed by atoms with E-state index in [1.807, 2.05) is 62.4 Å². The normalized spacial score (nSPS) is 10.6. The smallest absolute Gasteiger partial charge is 0.0991 e. The minimum atomic E-state index is 0.662. The van der Waals surface area contributed by atoms with Crippen molar-refractivity contribution < 1.29 is 0 Å². The van der Waals surface area contributed by atoms with E-state index < -0.39 is 0 Å². The van der Waals surface area contributed by atoms with Gasteiger partial charge in [-0.3, -0.25) is 0 Å². The lowest BCUT2D eigenvalue weighted by atomic mass is 9.97. The molecule has 56 heavy (non-hydrogen) atoms. The molecule has 0 heterocycles. The lowest BCUT2D eigenvalue weighted by molar-refractivity contribution is 1.28. The highest BCUT2D eigenvalue weighted by molar-refractivity contribution is 5.83. The summed E-state index contributed by atoms with van der Waals surface area (Å²) < 4.78 is 0. The van der Waals surface area contributed by atoms with Gasteiger partial charge in [-0.15, -0.1) is 0 Å². The van der Waals surface area contributed by atoms with Crippen molar-refractivity contribution in [2.75, 3.05) is 9.80 Å². The maximum atomic E-state index is 9.38. The lowest BCUT2D eigenvalue weighted by Crippen LogP contribution is -2.10. The largest absolute Gasteiger partial charge is 0.311 e. The Balaban J connectivity index is 1.12. The zero-order valence-corrected chi connectivity index (χ0v) is 31.3. The molecule has 0 aliphatic heterocycles. The number of rotatable bonds is 9. The lowest BCUT2D eigenvalue weighted by Gasteiger charge is -2.26. The predicted molar refractivity (Wildman–Crippen MR) is 231 cm³/mol. The van der Waals surface area contributed by atoms with Crippen LogP contribution < -0.4 is 9.80 Å². The van der Waals surface area contributed by atoms with E-state index in [9.17, 15) is 10.5 Å². The van der Waals surface area contributed by atoms with Gasteiger partial charge in [-0.05, 0) is 155 Å². The Morgan fingerprint density at radius 2 is 0.607 bits per heavy atom. The van der Waals surface area contributed by atoms with Crippen LogP contribution in [0.15, 0.2) is 194 Å². The number of para-hydroxylation sites is 2. The van der Waals surface area contributed by atoms with E-state index in [1.54, 1.807) is 0 Å². The standard InChI is InChI=1S/C52H38N4/c1-37-33-39(35-53)13-31-51(37)43-19-27-49(28-20-43)56(50-29-21-44(22-30-50)52-32-14-40(36-54)34-38(52)2)48-25-17-42(18-26-48)41-15-23-47(24-16-41)55(45-9-5-3-6-10-45)46-11-7-4-8-12-46/h3-34H,1-2H3. The molecule has 0 radical (unpaired) electrons. The summed E-state index contributed by atoms with van der Waals surface area (Å²) in [7, 11) is 0. The summed E-state index contributed by atoms with van der Waals surface area (Å²) in [4.78, 5) is 4.54. The second-order valence-electron chi connectivity index (χ2n) is 13.8. The van der Waals surface area contributed by atoms with Gasteiger partial charge in [0.1, 0.15) is 0 Å². The predicted octanol–water partition coefficient (Wildman–Crippen LogP) is 14.0. The molecule has 0 aromatic heterocycles. The summed E-state index contributed by atoms with van der Waals surface area (Å²) in [5, 5.41) is 18.8. The highest BCUT2D eigenvalue weighted by atomic mass is 15.1. The Hall–Kier alpha value is -7.66. The van der Waals surface area contributed by atoms with Crippen molar-refractivity contribution in [2.24, 2.45) is 0 Å². The third-order valence-electron chi connectivity index (χ3n) is 10.2. The van der Waals surface area contributed by atoms with Crippen molar-refractivity contribution >= 4 is 34.1 Å². The van der Waals surface area contributed by atoms with Gasteiger partial charge < -0.3 is 9.80 Å². The van der Waals surface area contributed by atoms with Crippen molar-refractivity contribution in [3.8, 4) is 45.5 Å². The van der Waals surface area contributed by atoms with Crippen molar-refractivity contribution in [3.63, 3.8) is 0 Å². The van der Waals surface area contributed by atoms with Crippen LogP contribution in [0.5, 0.6) is 0 Å². The number of nitrogens with zero attached hydrogens (tertiary/aromatic N) is 4. The topological polar surface area (TPSA) is 54.1 Å². The SMILES string of the molecule is Cc1cc(C#N)ccc1-c1ccc(N(c2ccc(-c3ccc(N(c4ccccc4)c4ccccc4)cc3)cc2)c2ccc(-c3ccc(C#N)cc3C)cc2)cc1. The molecule has 8 aromatic carbocycles. The molecule has 0 atom stereocenters. The number of benzene rings is 8. The molecule has 0 unspecified atom stereocenters. The van der Waals surface area contributed by atoms with E-state index in [0.717, 1.165) is 78.6 Å². The first-order chi connectivity index (χ1) is 27.5. The number of anilines is 6. The van der Waals surface area contributed by atoms with Gasteiger partial charge in [0.05, 0.1) is 23.3 Å². The molecule has 0 aliphatic carbocycles. The molecule has 8 aromatic rings. The second kappa shape index (κ2) is 15.7. The molecule has 266 valence electrons. The van der Waals surface area contributed by atoms with Gasteiger partial charge in [0, 0.05) is 34.1 Å². The fourth-order valence-corrected chi connectivity index (χ4v) is 7.35. The molecule has 4 nitrogen and oxygen atoms in total. The highest BCUT2D eigenvalue weighted by Crippen LogP contribution is 2.39. The van der Waals surface area contributed by atoms with Crippen LogP contribution in [0.1, 0.15) is 22.3 Å². The Labute approximate surface area is 329 Å². The molecule has 8 rings (SSSR count). The van der Waals surface area contributed by atoms with Crippen LogP contribution in [0.3, 0.4) is 0 Å². The van der Waals surface area contributed by atoms with Crippen molar-refractivity contribution in [1.82, 2.24) is 0 Å². The van der Waals surface area contributed by atoms with Gasteiger partial charge in [-0.2, -0.15) is 10.5 Å². The third-order valence-corrected chi connectivity index (χ3v) is 10.2. The summed E-state index contributed by atoms with van der Waals surface area (Å²) in [6.07, 6.45) is 0. The van der Waals surface area contributed by atoms with Crippen LogP contribution in [0.2, 0.25) is 0 Å². The van der Waals surface area contributed by atoms with Gasteiger partial charge in [0.15, 0.2) is 0 Å². The van der Waals surface area contributed by atoms with Gasteiger partial charge in [-0.1, -0.05) is 97.1 Å². The average Bonchev–Trinajstić information content (AvgIpc) is 3.26. The van der Waals surface area contributed by atoms with Gasteiger partial charge in [0.2, 0.25) is 0 Å². The van der Waals surface area contributed by atoms with Gasteiger partial charge in [-0.25, -0.2) is 0 Å². The van der Waals surface area contributed by atoms with Crippen LogP contribution >= 0.6 is 0 Å². The third kappa shape index (κ3) is 7.29. The quantitative estimate of drug-likeness (QED) is 0.149. The molecule has 4 heteroatoms. The summed E-state index contributed by atoms with van der Waals surface area (Å²) in [6, 6.07) is 71.7. The molecule has 0 aliphatic rings. The summed E-state index contributed by atoms with van der Waals surface area (Å²) in [5.41, 5.74) is 16.5. The summed E-state index contributed by atoms with van der Waals surface area (Å²) >= 11 is 0. The molecule has 0 bridgehead atoms. The first-order valence-corrected chi connectivity index (χ1v) is 18.6. The van der Waals surface area contributed by atoms with Crippen LogP contribution in [-0.2, 0) is 0 Å². The molecule has 0 fully saturated rings. The zero-order valence-electron chi connectivity index (χ0n) is 31.3. The maximum absolute atomic E-state index is 9.38. The van der Waals surface area contributed by atoms with E-state index in [2.05, 4.69) is 168 Å².